The minimum Gasteiger partial charge on any atom is -0.317 e. The summed E-state index contributed by atoms with van der Waals surface area (Å²) >= 11 is 0. The second-order valence-corrected chi connectivity index (χ2v) is 4.21. The highest BCUT2D eigenvalue weighted by Gasteiger charge is 2.09. The van der Waals surface area contributed by atoms with Gasteiger partial charge in [0.15, 0.2) is 0 Å². The molecule has 0 aliphatic carbocycles. The van der Waals surface area contributed by atoms with Gasteiger partial charge in [0, 0.05) is 0 Å². The van der Waals surface area contributed by atoms with Gasteiger partial charge in [0.25, 0.3) is 0 Å². The van der Waals surface area contributed by atoms with Crippen molar-refractivity contribution < 1.29 is 0 Å². The van der Waals surface area contributed by atoms with Crippen LogP contribution < -0.4 is 5.32 Å². The number of rotatable bonds is 8. The first-order valence-electron chi connectivity index (χ1n) is 5.95. The van der Waals surface area contributed by atoms with Crippen LogP contribution in [0.15, 0.2) is 0 Å². The summed E-state index contributed by atoms with van der Waals surface area (Å²) in [7, 11) is 0. The molecule has 0 aromatic heterocycles. The Morgan fingerprint density at radius 3 is 2.31 bits per heavy atom. The molecule has 13 heavy (non-hydrogen) atoms. The molecule has 2 atom stereocenters. The van der Waals surface area contributed by atoms with Crippen LogP contribution in [0, 0.1) is 11.8 Å². The fourth-order valence-corrected chi connectivity index (χ4v) is 1.92. The second kappa shape index (κ2) is 8.55. The van der Waals surface area contributed by atoms with Gasteiger partial charge in [-0.25, -0.2) is 0 Å². The third-order valence-corrected chi connectivity index (χ3v) is 2.78. The quantitative estimate of drug-likeness (QED) is 0.611. The summed E-state index contributed by atoms with van der Waals surface area (Å²) in [5.41, 5.74) is 0. The molecule has 0 fully saturated rings. The smallest absolute Gasteiger partial charge is 0.00206 e. The molecule has 2 unspecified atom stereocenters. The van der Waals surface area contributed by atoms with Crippen LogP contribution in [0.25, 0.3) is 0 Å². The highest BCUT2D eigenvalue weighted by molar-refractivity contribution is 4.64. The fourth-order valence-electron chi connectivity index (χ4n) is 1.92. The standard InChI is InChI=1S/C12H27N/c1-5-8-11(4)9-12(6-2)10-13-7-3/h11-13H,5-10H2,1-4H3. The Kier molecular flexibility index (Phi) is 8.53. The van der Waals surface area contributed by atoms with Crippen LogP contribution in [0.3, 0.4) is 0 Å². The molecule has 0 spiro atoms. The van der Waals surface area contributed by atoms with E-state index in [9.17, 15) is 0 Å². The van der Waals surface area contributed by atoms with Crippen molar-refractivity contribution in [3.63, 3.8) is 0 Å². The van der Waals surface area contributed by atoms with E-state index in [-0.39, 0.29) is 0 Å². The summed E-state index contributed by atoms with van der Waals surface area (Å²) in [6.45, 7) is 11.5. The van der Waals surface area contributed by atoms with Crippen LogP contribution in [0.1, 0.15) is 53.4 Å². The molecule has 1 nitrogen and oxygen atoms in total. The first-order chi connectivity index (χ1) is 6.24. The Morgan fingerprint density at radius 1 is 1.15 bits per heavy atom. The van der Waals surface area contributed by atoms with Crippen LogP contribution in [0.4, 0.5) is 0 Å². The molecule has 0 aliphatic rings. The highest BCUT2D eigenvalue weighted by Crippen LogP contribution is 2.18. The molecule has 0 aromatic rings. The fraction of sp³-hybridized carbons (Fsp3) is 1.00. The molecule has 1 N–H and O–H groups in total. The Morgan fingerprint density at radius 2 is 1.85 bits per heavy atom. The minimum absolute atomic E-state index is 0.890. The molecule has 0 aliphatic heterocycles. The third-order valence-electron chi connectivity index (χ3n) is 2.78. The van der Waals surface area contributed by atoms with Gasteiger partial charge in [-0.3, -0.25) is 0 Å². The summed E-state index contributed by atoms with van der Waals surface area (Å²) < 4.78 is 0. The molecule has 0 aromatic carbocycles. The maximum absolute atomic E-state index is 3.45. The van der Waals surface area contributed by atoms with Crippen molar-refractivity contribution in [2.75, 3.05) is 13.1 Å². The van der Waals surface area contributed by atoms with E-state index in [0.29, 0.717) is 0 Å². The van der Waals surface area contributed by atoms with E-state index in [0.717, 1.165) is 18.4 Å². The van der Waals surface area contributed by atoms with Crippen LogP contribution in [0.2, 0.25) is 0 Å². The van der Waals surface area contributed by atoms with E-state index in [1.165, 1.54) is 32.2 Å². The molecule has 0 saturated heterocycles. The molecule has 80 valence electrons. The van der Waals surface area contributed by atoms with Gasteiger partial charge in [-0.1, -0.05) is 47.0 Å². The van der Waals surface area contributed by atoms with Gasteiger partial charge >= 0.3 is 0 Å². The lowest BCUT2D eigenvalue weighted by atomic mass is 9.91. The average molecular weight is 185 g/mol. The zero-order valence-electron chi connectivity index (χ0n) is 9.90. The summed E-state index contributed by atoms with van der Waals surface area (Å²) in [5.74, 6) is 1.80. The van der Waals surface area contributed by atoms with E-state index in [4.69, 9.17) is 0 Å². The van der Waals surface area contributed by atoms with Gasteiger partial charge in [0.05, 0.1) is 0 Å². The molecule has 0 radical (unpaired) electrons. The Bertz CT molecular complexity index is 101. The van der Waals surface area contributed by atoms with E-state index in [1.807, 2.05) is 0 Å². The van der Waals surface area contributed by atoms with Crippen molar-refractivity contribution in [3.8, 4) is 0 Å². The normalized spacial score (nSPS) is 15.7. The van der Waals surface area contributed by atoms with Crippen LogP contribution in [-0.2, 0) is 0 Å². The molecule has 1 heteroatoms. The van der Waals surface area contributed by atoms with Crippen molar-refractivity contribution in [1.29, 1.82) is 0 Å². The zero-order chi connectivity index (χ0) is 10.1. The van der Waals surface area contributed by atoms with Gasteiger partial charge in [-0.2, -0.15) is 0 Å². The lowest BCUT2D eigenvalue weighted by Gasteiger charge is -2.19. The Balaban J connectivity index is 3.56. The van der Waals surface area contributed by atoms with Crippen molar-refractivity contribution in [3.05, 3.63) is 0 Å². The van der Waals surface area contributed by atoms with Gasteiger partial charge in [0.1, 0.15) is 0 Å². The molecular formula is C12H27N. The lowest BCUT2D eigenvalue weighted by Crippen LogP contribution is -2.23. The molecule has 0 bridgehead atoms. The predicted molar refractivity (Wildman–Crippen MR) is 61.0 cm³/mol. The third kappa shape index (κ3) is 7.06. The predicted octanol–water partition coefficient (Wildman–Crippen LogP) is 3.45. The largest absolute Gasteiger partial charge is 0.317 e. The molecule has 0 heterocycles. The lowest BCUT2D eigenvalue weighted by molar-refractivity contribution is 0.350. The number of nitrogens with one attached hydrogen (secondary N) is 1. The van der Waals surface area contributed by atoms with Crippen molar-refractivity contribution in [2.24, 2.45) is 11.8 Å². The Labute approximate surface area is 84.3 Å². The highest BCUT2D eigenvalue weighted by atomic mass is 14.8. The SMILES string of the molecule is CCCC(C)CC(CC)CNCC. The van der Waals surface area contributed by atoms with Gasteiger partial charge in [0.2, 0.25) is 0 Å². The topological polar surface area (TPSA) is 12.0 Å². The summed E-state index contributed by atoms with van der Waals surface area (Å²) in [5, 5.41) is 3.45. The van der Waals surface area contributed by atoms with Crippen molar-refractivity contribution in [2.45, 2.75) is 53.4 Å². The van der Waals surface area contributed by atoms with Crippen LogP contribution >= 0.6 is 0 Å². The van der Waals surface area contributed by atoms with Crippen LogP contribution in [0.5, 0.6) is 0 Å². The first-order valence-corrected chi connectivity index (χ1v) is 5.95. The van der Waals surface area contributed by atoms with E-state index < -0.39 is 0 Å². The Hall–Kier alpha value is -0.0400. The monoisotopic (exact) mass is 185 g/mol. The van der Waals surface area contributed by atoms with Gasteiger partial charge in [-0.05, 0) is 31.3 Å². The number of hydrogen-bond acceptors (Lipinski definition) is 1. The summed E-state index contributed by atoms with van der Waals surface area (Å²) in [6, 6.07) is 0. The minimum atomic E-state index is 0.890. The second-order valence-electron chi connectivity index (χ2n) is 4.21. The summed E-state index contributed by atoms with van der Waals surface area (Å²) in [6.07, 6.45) is 5.44. The molecule has 0 amide bonds. The molecular weight excluding hydrogens is 158 g/mol. The molecule has 0 saturated carbocycles. The van der Waals surface area contributed by atoms with Gasteiger partial charge in [-0.15, -0.1) is 0 Å². The van der Waals surface area contributed by atoms with E-state index in [2.05, 4.69) is 33.0 Å². The maximum Gasteiger partial charge on any atom is -0.00206 e. The zero-order valence-corrected chi connectivity index (χ0v) is 9.90. The number of hydrogen-bond donors (Lipinski definition) is 1. The van der Waals surface area contributed by atoms with Crippen molar-refractivity contribution in [1.82, 2.24) is 5.32 Å². The van der Waals surface area contributed by atoms with Crippen LogP contribution in [-0.4, -0.2) is 13.1 Å². The first kappa shape index (κ1) is 13.0. The van der Waals surface area contributed by atoms with E-state index in [1.54, 1.807) is 0 Å². The maximum atomic E-state index is 3.45. The van der Waals surface area contributed by atoms with E-state index >= 15 is 0 Å². The summed E-state index contributed by atoms with van der Waals surface area (Å²) in [4.78, 5) is 0. The molecule has 0 rings (SSSR count). The van der Waals surface area contributed by atoms with Gasteiger partial charge < -0.3 is 5.32 Å². The van der Waals surface area contributed by atoms with Crippen molar-refractivity contribution >= 4 is 0 Å². The average Bonchev–Trinajstić information content (AvgIpc) is 2.12.